The lowest BCUT2D eigenvalue weighted by molar-refractivity contribution is 0.116. The zero-order chi connectivity index (χ0) is 17.4. The summed E-state index contributed by atoms with van der Waals surface area (Å²) in [6.07, 6.45) is 11.0. The van der Waals surface area contributed by atoms with Gasteiger partial charge in [0, 0.05) is 0 Å². The molecule has 0 fully saturated rings. The van der Waals surface area contributed by atoms with Crippen LogP contribution >= 0.6 is 0 Å². The van der Waals surface area contributed by atoms with Crippen LogP contribution in [0, 0.1) is 0 Å². The molecule has 0 saturated heterocycles. The van der Waals surface area contributed by atoms with Gasteiger partial charge in [0.05, 0.1) is 12.7 Å². The first kappa shape index (κ1) is 18.5. The molecule has 24 heavy (non-hydrogen) atoms. The van der Waals surface area contributed by atoms with E-state index in [1.165, 1.54) is 16.7 Å². The molecule has 0 radical (unpaired) electrons. The molecule has 2 nitrogen and oxygen atoms in total. The maximum absolute atomic E-state index is 9.64. The standard InChI is InChI=1S/C22H30O2/c1-4-7-17(3)21-13-14-24-22(21)12-11-18(8-5-2)15-19-9-6-10-20(23)16-19/h6,9-10,13,15-16,22-23H,3-5,7-8,11-12,14H2,1-2H3/b18-15+. The maximum Gasteiger partial charge on any atom is 0.116 e. The van der Waals surface area contributed by atoms with Gasteiger partial charge in [-0.2, -0.15) is 0 Å². The molecule has 1 aromatic carbocycles. The molecule has 1 heterocycles. The van der Waals surface area contributed by atoms with Crippen molar-refractivity contribution in [1.29, 1.82) is 0 Å². The van der Waals surface area contributed by atoms with Crippen LogP contribution in [-0.2, 0) is 4.74 Å². The molecule has 0 amide bonds. The number of ether oxygens (including phenoxy) is 1. The predicted molar refractivity (Wildman–Crippen MR) is 102 cm³/mol. The number of hydrogen-bond donors (Lipinski definition) is 1. The quantitative estimate of drug-likeness (QED) is 0.599. The Kier molecular flexibility index (Phi) is 7.33. The molecule has 0 aliphatic carbocycles. The number of benzene rings is 1. The second-order valence-corrected chi connectivity index (χ2v) is 6.52. The Hall–Kier alpha value is -1.80. The summed E-state index contributed by atoms with van der Waals surface area (Å²) in [4.78, 5) is 0. The third-order valence-electron chi connectivity index (χ3n) is 4.45. The molecule has 0 bridgehead atoms. The van der Waals surface area contributed by atoms with Gasteiger partial charge in [0.15, 0.2) is 0 Å². The van der Waals surface area contributed by atoms with Crippen LogP contribution in [0.2, 0.25) is 0 Å². The molecule has 0 aromatic heterocycles. The van der Waals surface area contributed by atoms with E-state index in [1.54, 1.807) is 6.07 Å². The minimum Gasteiger partial charge on any atom is -0.508 e. The Morgan fingerprint density at radius 1 is 1.25 bits per heavy atom. The lowest BCUT2D eigenvalue weighted by Crippen LogP contribution is -2.12. The zero-order valence-electron chi connectivity index (χ0n) is 15.1. The number of phenolic OH excluding ortho intramolecular Hbond substituents is 1. The van der Waals surface area contributed by atoms with Crippen LogP contribution in [0.15, 0.2) is 53.6 Å². The van der Waals surface area contributed by atoms with Gasteiger partial charge >= 0.3 is 0 Å². The molecule has 130 valence electrons. The normalized spacial score (nSPS) is 17.8. The second kappa shape index (κ2) is 9.48. The Labute approximate surface area is 146 Å². The summed E-state index contributed by atoms with van der Waals surface area (Å²) in [7, 11) is 0. The number of aromatic hydroxyl groups is 1. The molecule has 1 aromatic rings. The summed E-state index contributed by atoms with van der Waals surface area (Å²) in [5, 5.41) is 9.64. The van der Waals surface area contributed by atoms with Gasteiger partial charge in [-0.1, -0.05) is 63.1 Å². The molecule has 0 spiro atoms. The highest BCUT2D eigenvalue weighted by atomic mass is 16.5. The molecule has 1 unspecified atom stereocenters. The van der Waals surface area contributed by atoms with Crippen molar-refractivity contribution in [3.05, 3.63) is 59.2 Å². The van der Waals surface area contributed by atoms with Crippen LogP contribution in [0.5, 0.6) is 5.75 Å². The fraction of sp³-hybridized carbons (Fsp3) is 0.455. The first-order valence-corrected chi connectivity index (χ1v) is 9.12. The van der Waals surface area contributed by atoms with Crippen molar-refractivity contribution in [3.8, 4) is 5.75 Å². The minimum atomic E-state index is 0.188. The fourth-order valence-electron chi connectivity index (χ4n) is 3.29. The molecular weight excluding hydrogens is 296 g/mol. The van der Waals surface area contributed by atoms with Crippen molar-refractivity contribution in [1.82, 2.24) is 0 Å². The minimum absolute atomic E-state index is 0.188. The van der Waals surface area contributed by atoms with E-state index in [9.17, 15) is 5.11 Å². The van der Waals surface area contributed by atoms with Crippen LogP contribution in [0.1, 0.15) is 57.9 Å². The highest BCUT2D eigenvalue weighted by molar-refractivity contribution is 5.54. The van der Waals surface area contributed by atoms with Crippen LogP contribution in [-0.4, -0.2) is 17.8 Å². The molecule has 1 aliphatic rings. The van der Waals surface area contributed by atoms with Crippen molar-refractivity contribution >= 4 is 6.08 Å². The van der Waals surface area contributed by atoms with Crippen molar-refractivity contribution in [2.45, 2.75) is 58.5 Å². The van der Waals surface area contributed by atoms with E-state index >= 15 is 0 Å². The van der Waals surface area contributed by atoms with Crippen LogP contribution in [0.25, 0.3) is 6.08 Å². The molecule has 2 heteroatoms. The van der Waals surface area contributed by atoms with Crippen molar-refractivity contribution in [3.63, 3.8) is 0 Å². The average molecular weight is 326 g/mol. The van der Waals surface area contributed by atoms with Gasteiger partial charge in [-0.25, -0.2) is 0 Å². The average Bonchev–Trinajstić information content (AvgIpc) is 3.02. The number of phenols is 1. The maximum atomic E-state index is 9.64. The van der Waals surface area contributed by atoms with E-state index in [1.807, 2.05) is 18.2 Å². The van der Waals surface area contributed by atoms with Gasteiger partial charge in [-0.05, 0) is 54.5 Å². The monoisotopic (exact) mass is 326 g/mol. The zero-order valence-corrected chi connectivity index (χ0v) is 15.1. The highest BCUT2D eigenvalue weighted by Gasteiger charge is 2.21. The molecule has 0 saturated carbocycles. The highest BCUT2D eigenvalue weighted by Crippen LogP contribution is 2.29. The molecular formula is C22H30O2. The van der Waals surface area contributed by atoms with E-state index in [-0.39, 0.29) is 6.10 Å². The van der Waals surface area contributed by atoms with E-state index in [0.29, 0.717) is 12.4 Å². The first-order valence-electron chi connectivity index (χ1n) is 9.12. The smallest absolute Gasteiger partial charge is 0.116 e. The topological polar surface area (TPSA) is 29.5 Å². The Balaban J connectivity index is 2.01. The molecule has 1 aliphatic heterocycles. The van der Waals surface area contributed by atoms with E-state index in [2.05, 4.69) is 32.6 Å². The van der Waals surface area contributed by atoms with Gasteiger partial charge in [0.25, 0.3) is 0 Å². The van der Waals surface area contributed by atoms with E-state index < -0.39 is 0 Å². The van der Waals surface area contributed by atoms with Crippen LogP contribution < -0.4 is 0 Å². The summed E-state index contributed by atoms with van der Waals surface area (Å²) >= 11 is 0. The summed E-state index contributed by atoms with van der Waals surface area (Å²) in [6.45, 7) is 9.33. The Morgan fingerprint density at radius 3 is 2.75 bits per heavy atom. The van der Waals surface area contributed by atoms with Crippen molar-refractivity contribution in [2.24, 2.45) is 0 Å². The van der Waals surface area contributed by atoms with Crippen LogP contribution in [0.4, 0.5) is 0 Å². The molecule has 1 N–H and O–H groups in total. The van der Waals surface area contributed by atoms with Crippen molar-refractivity contribution in [2.75, 3.05) is 6.61 Å². The summed E-state index contributed by atoms with van der Waals surface area (Å²) in [5.41, 5.74) is 5.02. The fourth-order valence-corrected chi connectivity index (χ4v) is 3.29. The largest absolute Gasteiger partial charge is 0.508 e. The lowest BCUT2D eigenvalue weighted by atomic mass is 9.93. The van der Waals surface area contributed by atoms with Gasteiger partial charge in [-0.15, -0.1) is 0 Å². The number of allylic oxidation sites excluding steroid dienone is 1. The second-order valence-electron chi connectivity index (χ2n) is 6.52. The van der Waals surface area contributed by atoms with Gasteiger partial charge in [-0.3, -0.25) is 0 Å². The molecule has 1 atom stereocenters. The predicted octanol–water partition coefficient (Wildman–Crippen LogP) is 6.04. The summed E-state index contributed by atoms with van der Waals surface area (Å²) in [5.74, 6) is 0.319. The van der Waals surface area contributed by atoms with Crippen LogP contribution in [0.3, 0.4) is 0 Å². The van der Waals surface area contributed by atoms with E-state index in [0.717, 1.165) is 44.1 Å². The van der Waals surface area contributed by atoms with E-state index in [4.69, 9.17) is 4.74 Å². The Morgan fingerprint density at radius 2 is 2.04 bits per heavy atom. The number of rotatable bonds is 9. The molecule has 2 rings (SSSR count). The van der Waals surface area contributed by atoms with Gasteiger partial charge in [0.2, 0.25) is 0 Å². The Bertz CT molecular complexity index is 610. The summed E-state index contributed by atoms with van der Waals surface area (Å²) < 4.78 is 5.91. The van der Waals surface area contributed by atoms with Gasteiger partial charge in [0.1, 0.15) is 5.75 Å². The first-order chi connectivity index (χ1) is 11.6. The SMILES string of the molecule is C=C(CCC)C1=CCOC1CC/C(=C/c1cccc(O)c1)CCC. The van der Waals surface area contributed by atoms with Gasteiger partial charge < -0.3 is 9.84 Å². The van der Waals surface area contributed by atoms with Crippen molar-refractivity contribution < 1.29 is 9.84 Å². The number of hydrogen-bond acceptors (Lipinski definition) is 2. The lowest BCUT2D eigenvalue weighted by Gasteiger charge is -2.17. The summed E-state index contributed by atoms with van der Waals surface area (Å²) in [6, 6.07) is 7.45. The third kappa shape index (κ3) is 5.38. The third-order valence-corrected chi connectivity index (χ3v) is 4.45.